The van der Waals surface area contributed by atoms with Gasteiger partial charge >= 0.3 is 0 Å². The monoisotopic (exact) mass is 261 g/mol. The number of nitriles is 1. The fourth-order valence-corrected chi connectivity index (χ4v) is 1.76. The van der Waals surface area contributed by atoms with Crippen molar-refractivity contribution < 1.29 is 0 Å². The van der Waals surface area contributed by atoms with Crippen molar-refractivity contribution in [2.75, 3.05) is 6.54 Å². The Kier molecular flexibility index (Phi) is 3.92. The van der Waals surface area contributed by atoms with Crippen LogP contribution in [0.15, 0.2) is 24.5 Å². The first kappa shape index (κ1) is 12.6. The van der Waals surface area contributed by atoms with E-state index in [-0.39, 0.29) is 5.82 Å². The number of hydrogen-bond acceptors (Lipinski definition) is 4. The summed E-state index contributed by atoms with van der Waals surface area (Å²) in [5, 5.41) is 16.7. The Hall–Kier alpha value is -1.90. The Bertz CT molecular complexity index is 584. The van der Waals surface area contributed by atoms with Crippen molar-refractivity contribution in [3.05, 3.63) is 40.9 Å². The number of hydrogen-bond donors (Lipinski definition) is 1. The van der Waals surface area contributed by atoms with E-state index in [1.807, 2.05) is 31.2 Å². The van der Waals surface area contributed by atoms with E-state index in [4.69, 9.17) is 16.9 Å². The maximum atomic E-state index is 8.74. The zero-order chi connectivity index (χ0) is 13.0. The topological polar surface area (TPSA) is 66.5 Å². The normalized spacial score (nSPS) is 10.3. The van der Waals surface area contributed by atoms with Crippen LogP contribution >= 0.6 is 11.6 Å². The molecule has 5 nitrogen and oxygen atoms in total. The van der Waals surface area contributed by atoms with E-state index in [9.17, 15) is 0 Å². The summed E-state index contributed by atoms with van der Waals surface area (Å²) in [6, 6.07) is 7.48. The van der Waals surface area contributed by atoms with Crippen LogP contribution in [0.2, 0.25) is 5.02 Å². The molecule has 0 amide bonds. The van der Waals surface area contributed by atoms with Crippen molar-refractivity contribution in [3.8, 4) is 11.8 Å². The lowest BCUT2D eigenvalue weighted by molar-refractivity contribution is 0.716. The van der Waals surface area contributed by atoms with Crippen LogP contribution < -0.4 is 5.32 Å². The number of halogens is 1. The molecule has 0 aliphatic carbocycles. The van der Waals surface area contributed by atoms with E-state index in [2.05, 4.69) is 15.4 Å². The predicted octanol–water partition coefficient (Wildman–Crippen LogP) is 1.90. The Morgan fingerprint density at radius 2 is 2.33 bits per heavy atom. The molecule has 92 valence electrons. The molecule has 0 unspecified atom stereocenters. The number of nitrogens with zero attached hydrogens (tertiary/aromatic N) is 4. The molecular formula is C12H12ClN5. The van der Waals surface area contributed by atoms with Crippen molar-refractivity contribution in [2.24, 2.45) is 0 Å². The molecular weight excluding hydrogens is 250 g/mol. The molecule has 2 rings (SSSR count). The smallest absolute Gasteiger partial charge is 0.252 e. The first-order chi connectivity index (χ1) is 8.74. The van der Waals surface area contributed by atoms with Crippen molar-refractivity contribution in [1.82, 2.24) is 20.1 Å². The summed E-state index contributed by atoms with van der Waals surface area (Å²) in [6.45, 7) is 3.63. The average molecular weight is 262 g/mol. The van der Waals surface area contributed by atoms with Crippen LogP contribution in [-0.4, -0.2) is 21.3 Å². The van der Waals surface area contributed by atoms with Crippen molar-refractivity contribution >= 4 is 11.6 Å². The van der Waals surface area contributed by atoms with Gasteiger partial charge in [-0.3, -0.25) is 0 Å². The lowest BCUT2D eigenvalue weighted by Gasteiger charge is -2.09. The highest BCUT2D eigenvalue weighted by atomic mass is 35.5. The van der Waals surface area contributed by atoms with Crippen LogP contribution in [0.4, 0.5) is 0 Å². The van der Waals surface area contributed by atoms with Crippen LogP contribution in [0.25, 0.3) is 5.69 Å². The van der Waals surface area contributed by atoms with Crippen LogP contribution in [0.3, 0.4) is 0 Å². The van der Waals surface area contributed by atoms with Crippen LogP contribution in [0.5, 0.6) is 0 Å². The quantitative estimate of drug-likeness (QED) is 0.913. The van der Waals surface area contributed by atoms with E-state index in [0.717, 1.165) is 17.8 Å². The third-order valence-electron chi connectivity index (χ3n) is 2.45. The summed E-state index contributed by atoms with van der Waals surface area (Å²) in [7, 11) is 0. The second-order valence-electron chi connectivity index (χ2n) is 3.68. The Balaban J connectivity index is 2.41. The molecule has 0 radical (unpaired) electrons. The molecule has 0 fully saturated rings. The molecule has 1 aromatic heterocycles. The Morgan fingerprint density at radius 3 is 3.00 bits per heavy atom. The van der Waals surface area contributed by atoms with E-state index < -0.39 is 0 Å². The van der Waals surface area contributed by atoms with Crippen molar-refractivity contribution in [2.45, 2.75) is 13.5 Å². The zero-order valence-electron chi connectivity index (χ0n) is 9.89. The molecule has 0 atom stereocenters. The molecule has 1 aromatic carbocycles. The summed E-state index contributed by atoms with van der Waals surface area (Å²) >= 11 is 5.99. The third kappa shape index (κ3) is 2.67. The van der Waals surface area contributed by atoms with Gasteiger partial charge in [0.05, 0.1) is 5.69 Å². The van der Waals surface area contributed by atoms with E-state index in [0.29, 0.717) is 11.6 Å². The van der Waals surface area contributed by atoms with Gasteiger partial charge in [-0.2, -0.15) is 5.26 Å². The molecule has 18 heavy (non-hydrogen) atoms. The standard InChI is InChI=1S/C12H12ClN5/c1-2-15-7-9-3-4-10(13)5-11(9)18-8-16-12(6-14)17-18/h3-5,8,15H,2,7H2,1H3. The van der Waals surface area contributed by atoms with Gasteiger partial charge in [0.2, 0.25) is 0 Å². The molecule has 0 aliphatic heterocycles. The molecule has 0 saturated carbocycles. The summed E-state index contributed by atoms with van der Waals surface area (Å²) in [5.74, 6) is 0.143. The molecule has 0 saturated heterocycles. The molecule has 0 spiro atoms. The van der Waals surface area contributed by atoms with Gasteiger partial charge in [0.25, 0.3) is 5.82 Å². The highest BCUT2D eigenvalue weighted by Gasteiger charge is 2.08. The molecule has 0 bridgehead atoms. The maximum absolute atomic E-state index is 8.74. The molecule has 6 heteroatoms. The summed E-state index contributed by atoms with van der Waals surface area (Å²) < 4.78 is 1.57. The van der Waals surface area contributed by atoms with E-state index >= 15 is 0 Å². The van der Waals surface area contributed by atoms with E-state index in [1.54, 1.807) is 4.68 Å². The minimum Gasteiger partial charge on any atom is -0.313 e. The Labute approximate surface area is 110 Å². The van der Waals surface area contributed by atoms with Gasteiger partial charge in [0, 0.05) is 11.6 Å². The average Bonchev–Trinajstić information content (AvgIpc) is 2.86. The lowest BCUT2D eigenvalue weighted by Crippen LogP contribution is -2.14. The highest BCUT2D eigenvalue weighted by Crippen LogP contribution is 2.19. The van der Waals surface area contributed by atoms with Crippen LogP contribution in [0.1, 0.15) is 18.3 Å². The molecule has 1 N–H and O–H groups in total. The van der Waals surface area contributed by atoms with Gasteiger partial charge in [-0.25, -0.2) is 9.67 Å². The number of aromatic nitrogens is 3. The number of benzene rings is 1. The molecule has 2 aromatic rings. The van der Waals surface area contributed by atoms with Crippen molar-refractivity contribution in [3.63, 3.8) is 0 Å². The Morgan fingerprint density at radius 1 is 1.50 bits per heavy atom. The second-order valence-corrected chi connectivity index (χ2v) is 4.11. The summed E-state index contributed by atoms with van der Waals surface area (Å²) in [4.78, 5) is 3.89. The van der Waals surface area contributed by atoms with Gasteiger partial charge in [-0.05, 0) is 24.2 Å². The summed E-state index contributed by atoms with van der Waals surface area (Å²) in [6.07, 6.45) is 1.51. The predicted molar refractivity (Wildman–Crippen MR) is 68.5 cm³/mol. The lowest BCUT2D eigenvalue weighted by atomic mass is 10.2. The minimum absolute atomic E-state index is 0.143. The maximum Gasteiger partial charge on any atom is 0.252 e. The van der Waals surface area contributed by atoms with Gasteiger partial charge in [-0.15, -0.1) is 5.10 Å². The van der Waals surface area contributed by atoms with E-state index in [1.165, 1.54) is 6.33 Å². The number of nitrogens with one attached hydrogen (secondary N) is 1. The van der Waals surface area contributed by atoms with Gasteiger partial charge in [0.1, 0.15) is 12.4 Å². The van der Waals surface area contributed by atoms with Gasteiger partial charge in [0.15, 0.2) is 0 Å². The molecule has 0 aliphatic rings. The first-order valence-corrected chi connectivity index (χ1v) is 5.93. The van der Waals surface area contributed by atoms with Gasteiger partial charge < -0.3 is 5.32 Å². The third-order valence-corrected chi connectivity index (χ3v) is 2.69. The minimum atomic E-state index is 0.143. The first-order valence-electron chi connectivity index (χ1n) is 5.56. The summed E-state index contributed by atoms with van der Waals surface area (Å²) in [5.41, 5.74) is 1.88. The van der Waals surface area contributed by atoms with Crippen LogP contribution in [0, 0.1) is 11.3 Å². The van der Waals surface area contributed by atoms with Crippen molar-refractivity contribution in [1.29, 1.82) is 5.26 Å². The fraction of sp³-hybridized carbons (Fsp3) is 0.250. The number of rotatable bonds is 4. The molecule has 1 heterocycles. The SMILES string of the molecule is CCNCc1ccc(Cl)cc1-n1cnc(C#N)n1. The van der Waals surface area contributed by atoms with Crippen LogP contribution in [-0.2, 0) is 6.54 Å². The largest absolute Gasteiger partial charge is 0.313 e. The second kappa shape index (κ2) is 5.63. The highest BCUT2D eigenvalue weighted by molar-refractivity contribution is 6.30. The van der Waals surface area contributed by atoms with Gasteiger partial charge in [-0.1, -0.05) is 24.6 Å². The fourth-order valence-electron chi connectivity index (χ4n) is 1.59. The zero-order valence-corrected chi connectivity index (χ0v) is 10.6.